The number of nitrogens with zero attached hydrogens (tertiary/aromatic N) is 3. The monoisotopic (exact) mass is 550 g/mol. The van der Waals surface area contributed by atoms with Crippen LogP contribution in [0.2, 0.25) is 0 Å². The first-order valence-electron chi connectivity index (χ1n) is 13.3. The molecule has 0 aliphatic carbocycles. The predicted octanol–water partition coefficient (Wildman–Crippen LogP) is 4.27. The Bertz CT molecular complexity index is 1490. The van der Waals surface area contributed by atoms with Gasteiger partial charge in [0.25, 0.3) is 0 Å². The molecule has 0 aliphatic rings. The molecule has 0 bridgehead atoms. The van der Waals surface area contributed by atoms with E-state index in [1.165, 1.54) is 4.57 Å². The molecule has 1 N–H and O–H groups in total. The van der Waals surface area contributed by atoms with E-state index in [2.05, 4.69) is 46.5 Å². The molecule has 1 aromatic heterocycles. The average Bonchev–Trinajstić information content (AvgIpc) is 3.38. The Morgan fingerprint density at radius 1 is 0.850 bits per heavy atom. The van der Waals surface area contributed by atoms with E-state index in [0.29, 0.717) is 23.6 Å². The molecule has 40 heavy (non-hydrogen) atoms. The number of unbranched alkanes of at least 4 members (excludes halogenated alkanes) is 1. The van der Waals surface area contributed by atoms with Crippen LogP contribution in [0.25, 0.3) is 11.0 Å². The number of aromatic nitrogens is 2. The summed E-state index contributed by atoms with van der Waals surface area (Å²) in [5.74, 6) is -0.167. The van der Waals surface area contributed by atoms with Crippen molar-refractivity contribution in [1.82, 2.24) is 9.55 Å². The Labute approximate surface area is 234 Å². The van der Waals surface area contributed by atoms with Crippen molar-refractivity contribution in [1.29, 1.82) is 0 Å². The number of anilines is 1. The number of para-hydroxylation sites is 2. The van der Waals surface area contributed by atoms with Crippen molar-refractivity contribution in [3.05, 3.63) is 115 Å². The third-order valence-corrected chi connectivity index (χ3v) is 10.3. The van der Waals surface area contributed by atoms with Crippen LogP contribution in [0, 0.1) is 0 Å². The second-order valence-corrected chi connectivity index (χ2v) is 12.3. The van der Waals surface area contributed by atoms with Crippen molar-refractivity contribution in [2.45, 2.75) is 19.8 Å². The minimum Gasteiger partial charge on any atom is -0.846 e. The van der Waals surface area contributed by atoms with Gasteiger partial charge < -0.3 is 9.84 Å². The minimum absolute atomic E-state index is 0.318. The van der Waals surface area contributed by atoms with Crippen LogP contribution in [0.1, 0.15) is 19.8 Å². The maximum absolute atomic E-state index is 13.6. The first-order chi connectivity index (χ1) is 19.6. The summed E-state index contributed by atoms with van der Waals surface area (Å²) in [5, 5.41) is 20.6. The van der Waals surface area contributed by atoms with Gasteiger partial charge in [0.15, 0.2) is 0 Å². The molecular weight excluding hydrogens is 519 g/mol. The number of hydrogen-bond acceptors (Lipinski definition) is 6. The fraction of sp³-hybridized carbons (Fsp3) is 0.156. The second-order valence-electron chi connectivity index (χ2n) is 9.22. The highest BCUT2D eigenvalue weighted by Crippen LogP contribution is 2.54. The lowest BCUT2D eigenvalue weighted by Gasteiger charge is -2.28. The number of rotatable bonds is 10. The highest BCUT2D eigenvalue weighted by atomic mass is 31.2. The smallest absolute Gasteiger partial charge is 0.327 e. The number of imidazole rings is 1. The molecule has 0 aliphatic heterocycles. The van der Waals surface area contributed by atoms with Crippen molar-refractivity contribution >= 4 is 52.3 Å². The van der Waals surface area contributed by atoms with Crippen LogP contribution >= 0.6 is 7.41 Å². The largest absolute Gasteiger partial charge is 0.846 e. The van der Waals surface area contributed by atoms with Gasteiger partial charge in [0.2, 0.25) is 13.4 Å². The van der Waals surface area contributed by atoms with Gasteiger partial charge in [-0.05, 0) is 55.0 Å². The van der Waals surface area contributed by atoms with E-state index in [9.17, 15) is 9.90 Å². The predicted molar refractivity (Wildman–Crippen MR) is 162 cm³/mol. The second kappa shape index (κ2) is 12.6. The molecule has 5 rings (SSSR count). The Morgan fingerprint density at radius 3 is 1.93 bits per heavy atom. The number of hydrogen-bond donors (Lipinski definition) is 1. The molecule has 0 unspecified atom stereocenters. The average molecular weight is 551 g/mol. The zero-order valence-electron chi connectivity index (χ0n) is 22.3. The van der Waals surface area contributed by atoms with Crippen LogP contribution < -0.4 is 26.1 Å². The molecule has 0 spiro atoms. The number of nitrogens with one attached hydrogen (secondary N) is 1. The van der Waals surface area contributed by atoms with Gasteiger partial charge in [-0.2, -0.15) is 0 Å². The summed E-state index contributed by atoms with van der Waals surface area (Å²) in [6.07, 6.45) is 1.68. The molecule has 0 saturated carbocycles. The molecule has 0 fully saturated rings. The normalized spacial score (nSPS) is 11.9. The van der Waals surface area contributed by atoms with Crippen molar-refractivity contribution in [2.75, 3.05) is 18.2 Å². The molecule has 7 nitrogen and oxygen atoms in total. The molecule has 5 aromatic rings. The van der Waals surface area contributed by atoms with Crippen molar-refractivity contribution in [3.63, 3.8) is 0 Å². The van der Waals surface area contributed by atoms with E-state index in [-0.39, 0.29) is 6.54 Å². The van der Waals surface area contributed by atoms with Gasteiger partial charge in [-0.1, -0.05) is 80.1 Å². The molecular formula is C32H31N4O3P. The van der Waals surface area contributed by atoms with Crippen molar-refractivity contribution in [3.8, 4) is 0 Å². The lowest BCUT2D eigenvalue weighted by molar-refractivity contribution is -0.221. The lowest BCUT2D eigenvalue weighted by atomic mass is 10.3. The molecule has 0 radical (unpaired) electrons. The third-order valence-electron chi connectivity index (χ3n) is 6.55. The summed E-state index contributed by atoms with van der Waals surface area (Å²) in [5.41, 5.74) is 1.25. The Hall–Kier alpha value is -4.48. The quantitative estimate of drug-likeness (QED) is 0.0923. The minimum atomic E-state index is -2.57. The highest BCUT2D eigenvalue weighted by molar-refractivity contribution is 7.96. The Morgan fingerprint density at radius 2 is 1.38 bits per heavy atom. The Kier molecular flexibility index (Phi) is 8.53. The number of benzene rings is 4. The molecule has 0 amide bonds. The zero-order valence-corrected chi connectivity index (χ0v) is 23.2. The van der Waals surface area contributed by atoms with Gasteiger partial charge in [-0.3, -0.25) is 14.4 Å². The van der Waals surface area contributed by atoms with Crippen LogP contribution in [0.5, 0.6) is 0 Å². The summed E-state index contributed by atoms with van der Waals surface area (Å²) in [6.45, 7) is 1.98. The van der Waals surface area contributed by atoms with Crippen molar-refractivity contribution in [2.24, 2.45) is 4.99 Å². The van der Waals surface area contributed by atoms with E-state index in [0.717, 1.165) is 28.8 Å². The fourth-order valence-corrected chi connectivity index (χ4v) is 8.21. The number of esters is 1. The molecule has 202 valence electrons. The first-order valence-corrected chi connectivity index (χ1v) is 15.1. The van der Waals surface area contributed by atoms with Crippen LogP contribution in [-0.2, 0) is 9.53 Å². The summed E-state index contributed by atoms with van der Waals surface area (Å²) in [6, 6.07) is 37.5. The lowest BCUT2D eigenvalue weighted by Crippen LogP contribution is -2.38. The van der Waals surface area contributed by atoms with Crippen LogP contribution in [-0.4, -0.2) is 34.7 Å². The number of carbonyl (C=O) groups excluding carboxylic acids is 1. The number of ether oxygens (including phenoxy) is 1. The summed E-state index contributed by atoms with van der Waals surface area (Å²) in [4.78, 5) is 21.2. The zero-order chi connectivity index (χ0) is 27.8. The topological polar surface area (TPSA) is 91.6 Å². The van der Waals surface area contributed by atoms with Gasteiger partial charge in [0.05, 0.1) is 23.7 Å². The number of fused-ring (bicyclic) bond motifs is 1. The van der Waals surface area contributed by atoms with Gasteiger partial charge in [-0.15, -0.1) is 0 Å². The molecule has 8 heteroatoms. The SMILES string of the molecule is CCCCOC(=O)CN=C([O-])n1c(N[P+](c2ccccc2)(c2ccccc2)c2ccccc2)nc2ccccc21. The molecule has 0 atom stereocenters. The van der Waals surface area contributed by atoms with E-state index in [4.69, 9.17) is 9.72 Å². The summed E-state index contributed by atoms with van der Waals surface area (Å²) < 4.78 is 6.66. The molecule has 0 saturated heterocycles. The van der Waals surface area contributed by atoms with Gasteiger partial charge in [-0.25, -0.2) is 10.1 Å². The summed E-state index contributed by atoms with van der Waals surface area (Å²) in [7, 11) is -2.57. The van der Waals surface area contributed by atoms with Crippen LogP contribution in [0.15, 0.2) is 120 Å². The van der Waals surface area contributed by atoms with Gasteiger partial charge >= 0.3 is 5.97 Å². The van der Waals surface area contributed by atoms with Crippen LogP contribution in [0.4, 0.5) is 5.95 Å². The van der Waals surface area contributed by atoms with Crippen LogP contribution in [0.3, 0.4) is 0 Å². The van der Waals surface area contributed by atoms with E-state index in [1.54, 1.807) is 0 Å². The standard InChI is InChI=1S/C32H31N4O3P/c1-2-3-23-39-30(37)24-33-32(38)36-29-22-14-13-21-28(29)34-31(36)35-40(25-15-7-4-8-16-25,26-17-9-5-10-18-26)27-19-11-6-12-20-27/h4-22H,2-3,23-24H2,1H3,(H-,33,34,35,38). The third kappa shape index (κ3) is 5.61. The maximum atomic E-state index is 13.6. The molecule has 1 heterocycles. The molecule has 4 aromatic carbocycles. The van der Waals surface area contributed by atoms with Crippen molar-refractivity contribution < 1.29 is 14.6 Å². The summed E-state index contributed by atoms with van der Waals surface area (Å²) >= 11 is 0. The van der Waals surface area contributed by atoms with Gasteiger partial charge in [0.1, 0.15) is 22.5 Å². The van der Waals surface area contributed by atoms with E-state index >= 15 is 0 Å². The van der Waals surface area contributed by atoms with E-state index < -0.39 is 19.4 Å². The maximum Gasteiger partial charge on any atom is 0.327 e. The number of carbonyl (C=O) groups is 1. The van der Waals surface area contributed by atoms with Gasteiger partial charge in [0, 0.05) is 0 Å². The highest BCUT2D eigenvalue weighted by Gasteiger charge is 2.47. The fourth-order valence-electron chi connectivity index (χ4n) is 4.62. The Balaban J connectivity index is 1.66. The first kappa shape index (κ1) is 27.1. The number of aliphatic imine (C=N–C) groups is 1. The van der Waals surface area contributed by atoms with E-state index in [1.807, 2.05) is 85.8 Å².